The van der Waals surface area contributed by atoms with E-state index in [1.165, 1.54) is 0 Å². The average Bonchev–Trinajstić information content (AvgIpc) is 3.16. The normalized spacial score (nSPS) is 21.5. The maximum Gasteiger partial charge on any atom is 0.317 e. The fraction of sp³-hybridized carbons (Fsp3) is 0.529. The van der Waals surface area contributed by atoms with Crippen LogP contribution in [-0.2, 0) is 11.3 Å². The van der Waals surface area contributed by atoms with Gasteiger partial charge >= 0.3 is 6.03 Å². The highest BCUT2D eigenvalue weighted by Crippen LogP contribution is 2.13. The van der Waals surface area contributed by atoms with Crippen molar-refractivity contribution in [3.05, 3.63) is 35.9 Å². The average molecular weight is 348 g/mol. The molecule has 2 fully saturated rings. The van der Waals surface area contributed by atoms with Crippen molar-refractivity contribution in [3.63, 3.8) is 0 Å². The van der Waals surface area contributed by atoms with Gasteiger partial charge in [-0.1, -0.05) is 30.3 Å². The number of amides is 3. The first-order chi connectivity index (χ1) is 11.7. The summed E-state index contributed by atoms with van der Waals surface area (Å²) in [6, 6.07) is 9.96. The van der Waals surface area contributed by atoms with Gasteiger partial charge in [0.25, 0.3) is 0 Å². The van der Waals surface area contributed by atoms with Gasteiger partial charge in [0, 0.05) is 37.3 Å². The Balaban J connectivity index is 1.38. The van der Waals surface area contributed by atoms with Crippen molar-refractivity contribution in [2.24, 2.45) is 0 Å². The molecule has 2 aliphatic heterocycles. The maximum atomic E-state index is 12.2. The molecule has 1 aromatic rings. The Morgan fingerprint density at radius 3 is 2.62 bits per heavy atom. The Morgan fingerprint density at radius 2 is 1.96 bits per heavy atom. The van der Waals surface area contributed by atoms with E-state index in [-0.39, 0.29) is 24.0 Å². The van der Waals surface area contributed by atoms with Crippen molar-refractivity contribution < 1.29 is 9.59 Å². The van der Waals surface area contributed by atoms with E-state index < -0.39 is 0 Å². The number of piperidine rings is 1. The number of rotatable bonds is 4. The second-order valence-electron chi connectivity index (χ2n) is 6.19. The highest BCUT2D eigenvalue weighted by Gasteiger charge is 2.27. The van der Waals surface area contributed by atoms with Gasteiger partial charge in [-0.25, -0.2) is 4.79 Å². The predicted octanol–water partition coefficient (Wildman–Crippen LogP) is 1.14. The molecule has 6 nitrogen and oxygen atoms in total. The SMILES string of the molecule is O=C(NC1CCN(C(=O)NCc2ccccc2)CC1)C1CSCN1. The number of carbonyl (C=O) groups is 2. The van der Waals surface area contributed by atoms with E-state index >= 15 is 0 Å². The molecule has 3 amide bonds. The van der Waals surface area contributed by atoms with Crippen molar-refractivity contribution in [2.75, 3.05) is 24.7 Å². The van der Waals surface area contributed by atoms with Crippen LogP contribution in [0.3, 0.4) is 0 Å². The molecule has 0 spiro atoms. The molecule has 3 N–H and O–H groups in total. The zero-order valence-corrected chi connectivity index (χ0v) is 14.5. The van der Waals surface area contributed by atoms with Gasteiger partial charge in [-0.3, -0.25) is 10.1 Å². The first-order valence-corrected chi connectivity index (χ1v) is 9.56. The minimum Gasteiger partial charge on any atom is -0.352 e. The highest BCUT2D eigenvalue weighted by atomic mass is 32.2. The predicted molar refractivity (Wildman–Crippen MR) is 95.7 cm³/mol. The summed E-state index contributed by atoms with van der Waals surface area (Å²) in [6.45, 7) is 1.90. The largest absolute Gasteiger partial charge is 0.352 e. The third kappa shape index (κ3) is 4.64. The van der Waals surface area contributed by atoms with Crippen LogP contribution < -0.4 is 16.0 Å². The van der Waals surface area contributed by atoms with Crippen molar-refractivity contribution in [2.45, 2.75) is 31.5 Å². The number of likely N-dealkylation sites (tertiary alicyclic amines) is 1. The molecule has 0 aromatic heterocycles. The van der Waals surface area contributed by atoms with Crippen LogP contribution in [0, 0.1) is 0 Å². The standard InChI is InChI=1S/C17H24N4O2S/c22-16(15-11-24-12-19-15)20-14-6-8-21(9-7-14)17(23)18-10-13-4-2-1-3-5-13/h1-5,14-15,19H,6-12H2,(H,18,23)(H,20,22). The lowest BCUT2D eigenvalue weighted by atomic mass is 10.0. The molecule has 1 unspecified atom stereocenters. The summed E-state index contributed by atoms with van der Waals surface area (Å²) in [4.78, 5) is 26.2. The number of nitrogens with one attached hydrogen (secondary N) is 3. The van der Waals surface area contributed by atoms with E-state index in [1.54, 1.807) is 11.8 Å². The van der Waals surface area contributed by atoms with Crippen LogP contribution in [0.2, 0.25) is 0 Å². The molecule has 2 saturated heterocycles. The second kappa shape index (κ2) is 8.39. The third-order valence-corrected chi connectivity index (χ3v) is 5.39. The highest BCUT2D eigenvalue weighted by molar-refractivity contribution is 7.99. The van der Waals surface area contributed by atoms with Crippen molar-refractivity contribution >= 4 is 23.7 Å². The van der Waals surface area contributed by atoms with Crippen LogP contribution in [0.25, 0.3) is 0 Å². The third-order valence-electron chi connectivity index (χ3n) is 4.45. The topological polar surface area (TPSA) is 73.5 Å². The molecule has 0 aliphatic carbocycles. The molecule has 7 heteroatoms. The Kier molecular flexibility index (Phi) is 5.98. The summed E-state index contributed by atoms with van der Waals surface area (Å²) in [5.41, 5.74) is 1.09. The zero-order chi connectivity index (χ0) is 16.8. The van der Waals surface area contributed by atoms with Gasteiger partial charge in [0.15, 0.2) is 0 Å². The van der Waals surface area contributed by atoms with Crippen molar-refractivity contribution in [1.29, 1.82) is 0 Å². The summed E-state index contributed by atoms with van der Waals surface area (Å²) in [5.74, 6) is 1.78. The number of hydrogen-bond acceptors (Lipinski definition) is 4. The molecule has 2 aliphatic rings. The molecule has 130 valence electrons. The van der Waals surface area contributed by atoms with Crippen LogP contribution in [0.1, 0.15) is 18.4 Å². The van der Waals surface area contributed by atoms with Gasteiger partial charge in [0.05, 0.1) is 6.04 Å². The number of hydrogen-bond donors (Lipinski definition) is 3. The van der Waals surface area contributed by atoms with E-state index in [0.717, 1.165) is 30.0 Å². The van der Waals surface area contributed by atoms with Crippen LogP contribution >= 0.6 is 11.8 Å². The second-order valence-corrected chi connectivity index (χ2v) is 7.22. The van der Waals surface area contributed by atoms with Crippen LogP contribution in [0.15, 0.2) is 30.3 Å². The Bertz CT molecular complexity index is 555. The summed E-state index contributed by atoms with van der Waals surface area (Å²) in [7, 11) is 0. The van der Waals surface area contributed by atoms with Gasteiger partial charge in [-0.15, -0.1) is 11.8 Å². The molecule has 0 radical (unpaired) electrons. The number of nitrogens with zero attached hydrogens (tertiary/aromatic N) is 1. The summed E-state index contributed by atoms with van der Waals surface area (Å²) in [5, 5.41) is 9.24. The van der Waals surface area contributed by atoms with Crippen molar-refractivity contribution in [3.8, 4) is 0 Å². The number of carbonyl (C=O) groups excluding carboxylic acids is 2. The van der Waals surface area contributed by atoms with Gasteiger partial charge in [-0.2, -0.15) is 0 Å². The minimum absolute atomic E-state index is 0.0301. The first-order valence-electron chi connectivity index (χ1n) is 8.40. The molecule has 3 rings (SSSR count). The molecule has 1 aromatic carbocycles. The van der Waals surface area contributed by atoms with Gasteiger partial charge in [0.2, 0.25) is 5.91 Å². The molecular weight excluding hydrogens is 324 g/mol. The molecule has 0 bridgehead atoms. The number of benzene rings is 1. The first kappa shape index (κ1) is 17.1. The Labute approximate surface area is 146 Å². The molecule has 24 heavy (non-hydrogen) atoms. The van der Waals surface area contributed by atoms with E-state index in [1.807, 2.05) is 35.2 Å². The summed E-state index contributed by atoms with van der Waals surface area (Å²) in [6.07, 6.45) is 1.62. The molecular formula is C17H24N4O2S. The summed E-state index contributed by atoms with van der Waals surface area (Å²) < 4.78 is 0. The fourth-order valence-corrected chi connectivity index (χ4v) is 3.92. The van der Waals surface area contributed by atoms with Crippen LogP contribution in [0.4, 0.5) is 4.79 Å². The lowest BCUT2D eigenvalue weighted by Crippen LogP contribution is -2.52. The Morgan fingerprint density at radius 1 is 1.21 bits per heavy atom. The number of thioether (sulfide) groups is 1. The quantitative estimate of drug-likeness (QED) is 0.763. The molecule has 1 atom stereocenters. The minimum atomic E-state index is -0.0674. The lowest BCUT2D eigenvalue weighted by molar-refractivity contribution is -0.123. The Hall–Kier alpha value is -1.73. The monoisotopic (exact) mass is 348 g/mol. The number of urea groups is 1. The lowest BCUT2D eigenvalue weighted by Gasteiger charge is -2.32. The van der Waals surface area contributed by atoms with Crippen LogP contribution in [0.5, 0.6) is 0 Å². The van der Waals surface area contributed by atoms with E-state index in [0.29, 0.717) is 19.6 Å². The zero-order valence-electron chi connectivity index (χ0n) is 13.7. The van der Waals surface area contributed by atoms with Gasteiger partial charge in [-0.05, 0) is 18.4 Å². The van der Waals surface area contributed by atoms with Gasteiger partial charge in [0.1, 0.15) is 0 Å². The molecule has 0 saturated carbocycles. The van der Waals surface area contributed by atoms with Crippen molar-refractivity contribution in [1.82, 2.24) is 20.9 Å². The fourth-order valence-electron chi connectivity index (χ4n) is 2.98. The van der Waals surface area contributed by atoms with Gasteiger partial charge < -0.3 is 15.5 Å². The van der Waals surface area contributed by atoms with E-state index in [9.17, 15) is 9.59 Å². The molecule has 2 heterocycles. The van der Waals surface area contributed by atoms with E-state index in [4.69, 9.17) is 0 Å². The van der Waals surface area contributed by atoms with Crippen LogP contribution in [-0.4, -0.2) is 53.6 Å². The smallest absolute Gasteiger partial charge is 0.317 e. The summed E-state index contributed by atoms with van der Waals surface area (Å²) >= 11 is 1.75. The maximum absolute atomic E-state index is 12.2. The van der Waals surface area contributed by atoms with E-state index in [2.05, 4.69) is 16.0 Å².